The van der Waals surface area contributed by atoms with Crippen molar-refractivity contribution in [3.05, 3.63) is 0 Å². The van der Waals surface area contributed by atoms with Crippen LogP contribution in [0.15, 0.2) is 0 Å². The normalized spacial score (nSPS) is 103. The average molecular weight is 222 g/mol. The lowest BCUT2D eigenvalue weighted by Gasteiger charge is -2.97. The smallest absolute Gasteiger partial charge is 0.0100 e. The molecule has 10 fully saturated rings. The lowest BCUT2D eigenvalue weighted by molar-refractivity contribution is -0.508. The third kappa shape index (κ3) is 0.259. The fourth-order valence-corrected chi connectivity index (χ4v) is 12.7. The van der Waals surface area contributed by atoms with E-state index in [1.165, 1.54) is 59.2 Å². The molecular formula is C17H18. The Kier molecular flexibility index (Phi) is 0.545. The van der Waals surface area contributed by atoms with Gasteiger partial charge in [0.25, 0.3) is 0 Å². The van der Waals surface area contributed by atoms with Crippen molar-refractivity contribution >= 4 is 0 Å². The molecule has 17 heavy (non-hydrogen) atoms. The minimum atomic E-state index is 1.06. The highest BCUT2D eigenvalue weighted by atomic mass is 15.2. The molecule has 0 amide bonds. The zero-order valence-electron chi connectivity index (χ0n) is 10.1. The summed E-state index contributed by atoms with van der Waals surface area (Å²) in [6.07, 6.45) is 6.83. The van der Waals surface area contributed by atoms with Crippen LogP contribution >= 0.6 is 0 Å². The van der Waals surface area contributed by atoms with E-state index in [0.717, 1.165) is 16.2 Å². The minimum absolute atomic E-state index is 1.06. The van der Waals surface area contributed by atoms with Crippen molar-refractivity contribution in [1.29, 1.82) is 0 Å². The van der Waals surface area contributed by atoms with E-state index in [4.69, 9.17) is 0 Å². The summed E-state index contributed by atoms with van der Waals surface area (Å²) in [5, 5.41) is 0. The van der Waals surface area contributed by atoms with Gasteiger partial charge in [0, 0.05) is 0 Å². The van der Waals surface area contributed by atoms with E-state index in [9.17, 15) is 0 Å². The van der Waals surface area contributed by atoms with Crippen molar-refractivity contribution in [3.8, 4) is 0 Å². The van der Waals surface area contributed by atoms with Gasteiger partial charge in [0.1, 0.15) is 0 Å². The maximum Gasteiger partial charge on any atom is -0.0100 e. The van der Waals surface area contributed by atoms with Gasteiger partial charge >= 0.3 is 0 Å². The molecule has 0 aromatic carbocycles. The van der Waals surface area contributed by atoms with E-state index in [1.807, 2.05) is 0 Å². The second kappa shape index (κ2) is 1.33. The molecule has 8 unspecified atom stereocenters. The van der Waals surface area contributed by atoms with Crippen LogP contribution in [0.2, 0.25) is 0 Å². The van der Waals surface area contributed by atoms with Crippen LogP contribution in [0.1, 0.15) is 25.7 Å². The van der Waals surface area contributed by atoms with Gasteiger partial charge in [-0.2, -0.15) is 0 Å². The van der Waals surface area contributed by atoms with Crippen LogP contribution in [0, 0.1) is 75.4 Å². The molecule has 10 aliphatic carbocycles. The zero-order valence-corrected chi connectivity index (χ0v) is 10.1. The predicted octanol–water partition coefficient (Wildman–Crippen LogP) is 2.79. The summed E-state index contributed by atoms with van der Waals surface area (Å²) in [5.41, 5.74) is 3.20. The summed E-state index contributed by atoms with van der Waals surface area (Å²) in [7, 11) is 0. The fourth-order valence-electron chi connectivity index (χ4n) is 12.7. The molecule has 0 nitrogen and oxygen atoms in total. The van der Waals surface area contributed by atoms with Gasteiger partial charge in [-0.05, 0) is 101 Å². The second-order valence-electron chi connectivity index (χ2n) is 9.70. The summed E-state index contributed by atoms with van der Waals surface area (Å²) < 4.78 is 0. The van der Waals surface area contributed by atoms with Gasteiger partial charge in [0.05, 0.1) is 0 Å². The Labute approximate surface area is 102 Å². The Morgan fingerprint density at radius 1 is 0.588 bits per heavy atom. The maximum atomic E-state index is 1.71. The van der Waals surface area contributed by atoms with Crippen molar-refractivity contribution < 1.29 is 0 Å². The van der Waals surface area contributed by atoms with Crippen molar-refractivity contribution in [3.63, 3.8) is 0 Å². The Morgan fingerprint density at radius 2 is 1.06 bits per heavy atom. The first-order chi connectivity index (χ1) is 8.41. The third-order valence-electron chi connectivity index (χ3n) is 11.5. The molecule has 0 N–H and O–H groups in total. The van der Waals surface area contributed by atoms with Crippen molar-refractivity contribution in [2.45, 2.75) is 25.7 Å². The average Bonchev–Trinajstić information content (AvgIpc) is 2.63. The van der Waals surface area contributed by atoms with Crippen LogP contribution in [0.25, 0.3) is 0 Å². The first kappa shape index (κ1) is 6.96. The Balaban J connectivity index is 1.52. The van der Waals surface area contributed by atoms with Crippen molar-refractivity contribution in [1.82, 2.24) is 0 Å². The van der Waals surface area contributed by atoms with Gasteiger partial charge in [-0.25, -0.2) is 0 Å². The van der Waals surface area contributed by atoms with Crippen LogP contribution in [-0.2, 0) is 0 Å². The van der Waals surface area contributed by atoms with E-state index in [-0.39, 0.29) is 0 Å². The standard InChI is InChI=1S/C17H18/c1-5-2-8-12-11-7(1)15(5,8)17-13(11)9-3-6-4-10(14(12)17)16(6,9)17/h5-14H,1-4H2. The van der Waals surface area contributed by atoms with Gasteiger partial charge in [0.15, 0.2) is 0 Å². The minimum Gasteiger partial charge on any atom is -0.0461 e. The van der Waals surface area contributed by atoms with E-state index >= 15 is 0 Å². The highest BCUT2D eigenvalue weighted by Crippen LogP contribution is 3.15. The fraction of sp³-hybridized carbons (Fsp3) is 1.00. The molecule has 0 heterocycles. The molecule has 0 aromatic rings. The quantitative estimate of drug-likeness (QED) is 0.591. The van der Waals surface area contributed by atoms with Gasteiger partial charge in [-0.1, -0.05) is 0 Å². The van der Waals surface area contributed by atoms with Gasteiger partial charge < -0.3 is 0 Å². The molecule has 3 spiro atoms. The lowest BCUT2D eigenvalue weighted by atomic mass is 9.06. The van der Waals surface area contributed by atoms with Crippen LogP contribution in [0.5, 0.6) is 0 Å². The molecule has 0 aromatic heterocycles. The molecule has 10 saturated carbocycles. The Bertz CT molecular complexity index is 545. The van der Waals surface area contributed by atoms with Crippen LogP contribution in [0.4, 0.5) is 0 Å². The molecule has 0 heteroatoms. The molecule has 0 radical (unpaired) electrons. The molecule has 10 rings (SSSR count). The first-order valence-corrected chi connectivity index (χ1v) is 8.41. The summed E-state index contributed by atoms with van der Waals surface area (Å²) in [6, 6.07) is 0. The summed E-state index contributed by atoms with van der Waals surface area (Å²) >= 11 is 0. The monoisotopic (exact) mass is 222 g/mol. The van der Waals surface area contributed by atoms with Crippen LogP contribution < -0.4 is 0 Å². The van der Waals surface area contributed by atoms with Gasteiger partial charge in [0.2, 0.25) is 0 Å². The molecule has 0 aliphatic heterocycles. The maximum absolute atomic E-state index is 1.71. The zero-order chi connectivity index (χ0) is 10.1. The highest BCUT2D eigenvalue weighted by molar-refractivity contribution is 5.58. The molecule has 86 valence electrons. The van der Waals surface area contributed by atoms with Crippen molar-refractivity contribution in [2.24, 2.45) is 75.4 Å². The highest BCUT2D eigenvalue weighted by Gasteiger charge is 3.12. The van der Waals surface area contributed by atoms with E-state index in [0.29, 0.717) is 0 Å². The predicted molar refractivity (Wildman–Crippen MR) is 60.7 cm³/mol. The number of rotatable bonds is 0. The van der Waals surface area contributed by atoms with E-state index < -0.39 is 0 Å². The van der Waals surface area contributed by atoms with Gasteiger partial charge in [-0.15, -0.1) is 0 Å². The Hall–Kier alpha value is 0. The van der Waals surface area contributed by atoms with E-state index in [1.54, 1.807) is 25.7 Å². The van der Waals surface area contributed by atoms with E-state index in [2.05, 4.69) is 0 Å². The van der Waals surface area contributed by atoms with Crippen LogP contribution in [0.3, 0.4) is 0 Å². The molecule has 4 bridgehead atoms. The topological polar surface area (TPSA) is 0 Å². The first-order valence-electron chi connectivity index (χ1n) is 8.41. The second-order valence-corrected chi connectivity index (χ2v) is 9.70. The molecule has 0 saturated heterocycles. The molecular weight excluding hydrogens is 204 g/mol. The molecule has 10 aliphatic rings. The summed E-state index contributed by atoms with van der Waals surface area (Å²) in [4.78, 5) is 0. The largest absolute Gasteiger partial charge is 0.0461 e. The Morgan fingerprint density at radius 3 is 1.59 bits per heavy atom. The van der Waals surface area contributed by atoms with Crippen LogP contribution in [-0.4, -0.2) is 0 Å². The number of hydrogen-bond donors (Lipinski definition) is 0. The van der Waals surface area contributed by atoms with Gasteiger partial charge in [-0.3, -0.25) is 0 Å². The number of hydrogen-bond acceptors (Lipinski definition) is 0. The summed E-state index contributed by atoms with van der Waals surface area (Å²) in [6.45, 7) is 0. The lowest BCUT2D eigenvalue weighted by Crippen LogP contribution is -2.93. The summed E-state index contributed by atoms with van der Waals surface area (Å²) in [5.74, 6) is 13.1. The third-order valence-corrected chi connectivity index (χ3v) is 11.5. The molecule has 8 atom stereocenters. The van der Waals surface area contributed by atoms with Crippen molar-refractivity contribution in [2.75, 3.05) is 0 Å². The SMILES string of the molecule is C1C2CC3C4C5C1C23C12C5C3CC5CC(C41)C532.